The van der Waals surface area contributed by atoms with Gasteiger partial charge in [-0.1, -0.05) is 18.2 Å². The molecule has 1 aliphatic heterocycles. The minimum atomic E-state index is -0.382. The van der Waals surface area contributed by atoms with Gasteiger partial charge in [-0.3, -0.25) is 9.59 Å². The Bertz CT molecular complexity index is 1390. The summed E-state index contributed by atoms with van der Waals surface area (Å²) in [6.45, 7) is 0.598. The number of Topliss-reactive ketones (excluding diaryl/α,β-unsaturated/α-hetero) is 1. The molecule has 0 N–H and O–H groups in total. The lowest BCUT2D eigenvalue weighted by atomic mass is 9.94. The van der Waals surface area contributed by atoms with Crippen LogP contribution in [0.15, 0.2) is 78.9 Å². The van der Waals surface area contributed by atoms with E-state index in [-0.39, 0.29) is 42.2 Å². The smallest absolute Gasteiger partial charge is 0.227 e. The molecule has 1 fully saturated rings. The monoisotopic (exact) mass is 500 g/mol. The van der Waals surface area contributed by atoms with Gasteiger partial charge in [0.1, 0.15) is 18.2 Å². The zero-order chi connectivity index (χ0) is 25.8. The van der Waals surface area contributed by atoms with E-state index >= 15 is 0 Å². The number of hydrogen-bond donors (Lipinski definition) is 0. The van der Waals surface area contributed by atoms with Crippen molar-refractivity contribution in [1.82, 2.24) is 14.8 Å². The van der Waals surface area contributed by atoms with Crippen LogP contribution in [0, 0.1) is 17.6 Å². The Labute approximate surface area is 213 Å². The van der Waals surface area contributed by atoms with Gasteiger partial charge in [0.15, 0.2) is 17.4 Å². The summed E-state index contributed by atoms with van der Waals surface area (Å²) in [6.07, 6.45) is 2.16. The van der Waals surface area contributed by atoms with Crippen molar-refractivity contribution in [3.63, 3.8) is 0 Å². The molecule has 0 bridgehead atoms. The number of rotatable bonds is 7. The van der Waals surface area contributed by atoms with Crippen LogP contribution in [0.2, 0.25) is 0 Å². The molecule has 3 aromatic carbocycles. The number of benzene rings is 3. The van der Waals surface area contributed by atoms with Gasteiger partial charge in [0.05, 0.1) is 0 Å². The van der Waals surface area contributed by atoms with E-state index in [4.69, 9.17) is 0 Å². The quantitative estimate of drug-likeness (QED) is 0.327. The van der Waals surface area contributed by atoms with Gasteiger partial charge in [0, 0.05) is 36.2 Å². The molecule has 0 aliphatic carbocycles. The third-order valence-corrected chi connectivity index (χ3v) is 6.55. The number of aromatic nitrogens is 3. The average Bonchev–Trinajstić information content (AvgIpc) is 3.21. The number of para-hydroxylation sites is 1. The molecule has 1 saturated heterocycles. The zero-order valence-corrected chi connectivity index (χ0v) is 20.2. The van der Waals surface area contributed by atoms with Crippen LogP contribution in [0.25, 0.3) is 22.8 Å². The number of hydrogen-bond acceptors (Lipinski definition) is 4. The molecule has 1 atom stereocenters. The summed E-state index contributed by atoms with van der Waals surface area (Å²) >= 11 is 0. The SMILES string of the molecule is O=C(CC1CCCN(c2ccccc2)C(=O)C1)Cn1nc(-c2ccc(F)cc2)nc1-c1ccc(F)cc1. The van der Waals surface area contributed by atoms with Gasteiger partial charge < -0.3 is 4.90 Å². The highest BCUT2D eigenvalue weighted by Crippen LogP contribution is 2.27. The van der Waals surface area contributed by atoms with E-state index in [1.807, 2.05) is 30.3 Å². The lowest BCUT2D eigenvalue weighted by Gasteiger charge is -2.20. The Hall–Kier alpha value is -4.20. The summed E-state index contributed by atoms with van der Waals surface area (Å²) < 4.78 is 28.4. The fourth-order valence-electron chi connectivity index (χ4n) is 4.72. The maximum Gasteiger partial charge on any atom is 0.227 e. The standard InChI is InChI=1S/C29H26F2N4O2/c30-23-12-8-21(9-13-23)28-32-29(22-10-14-24(31)15-11-22)35(33-28)19-26(36)17-20-5-4-16-34(27(37)18-20)25-6-2-1-3-7-25/h1-3,6-15,20H,4-5,16-19H2. The third-order valence-electron chi connectivity index (χ3n) is 6.55. The van der Waals surface area contributed by atoms with Gasteiger partial charge in [-0.25, -0.2) is 18.4 Å². The zero-order valence-electron chi connectivity index (χ0n) is 20.2. The van der Waals surface area contributed by atoms with Crippen LogP contribution in [-0.2, 0) is 16.1 Å². The first kappa shape index (κ1) is 24.5. The topological polar surface area (TPSA) is 68.1 Å². The van der Waals surface area contributed by atoms with Gasteiger partial charge in [0.2, 0.25) is 5.91 Å². The molecule has 0 radical (unpaired) electrons. The first-order chi connectivity index (χ1) is 18.0. The Balaban J connectivity index is 1.33. The second-order valence-electron chi connectivity index (χ2n) is 9.27. The first-order valence-corrected chi connectivity index (χ1v) is 12.3. The van der Waals surface area contributed by atoms with Crippen LogP contribution in [0.5, 0.6) is 0 Å². The van der Waals surface area contributed by atoms with Gasteiger partial charge in [-0.2, -0.15) is 0 Å². The molecule has 0 saturated carbocycles. The van der Waals surface area contributed by atoms with Gasteiger partial charge in [-0.15, -0.1) is 5.10 Å². The molecule has 37 heavy (non-hydrogen) atoms. The summed E-state index contributed by atoms with van der Waals surface area (Å²) in [7, 11) is 0. The van der Waals surface area contributed by atoms with E-state index in [1.165, 1.54) is 28.9 Å². The Morgan fingerprint density at radius 1 is 0.892 bits per heavy atom. The predicted molar refractivity (Wildman–Crippen MR) is 137 cm³/mol. The molecule has 1 aromatic heterocycles. The third kappa shape index (κ3) is 5.80. The van der Waals surface area contributed by atoms with Gasteiger partial charge >= 0.3 is 0 Å². The minimum Gasteiger partial charge on any atom is -0.312 e. The highest BCUT2D eigenvalue weighted by Gasteiger charge is 2.26. The molecule has 1 amide bonds. The fourth-order valence-corrected chi connectivity index (χ4v) is 4.72. The Morgan fingerprint density at radius 2 is 1.54 bits per heavy atom. The molecule has 8 heteroatoms. The van der Waals surface area contributed by atoms with Crippen molar-refractivity contribution in [3.8, 4) is 22.8 Å². The molecule has 2 heterocycles. The molecule has 4 aromatic rings. The molecular formula is C29H26F2N4O2. The van der Waals surface area contributed by atoms with Crippen LogP contribution in [-0.4, -0.2) is 33.0 Å². The number of anilines is 1. The van der Waals surface area contributed by atoms with E-state index in [2.05, 4.69) is 10.1 Å². The highest BCUT2D eigenvalue weighted by molar-refractivity contribution is 5.94. The summed E-state index contributed by atoms with van der Waals surface area (Å²) in [5.41, 5.74) is 2.09. The van der Waals surface area contributed by atoms with E-state index in [0.717, 1.165) is 18.5 Å². The molecule has 1 unspecified atom stereocenters. The highest BCUT2D eigenvalue weighted by atomic mass is 19.1. The predicted octanol–water partition coefficient (Wildman–Crippen LogP) is 5.68. The van der Waals surface area contributed by atoms with Crippen molar-refractivity contribution < 1.29 is 18.4 Å². The summed E-state index contributed by atoms with van der Waals surface area (Å²) in [5.74, 6) is -0.0935. The summed E-state index contributed by atoms with van der Waals surface area (Å²) in [6, 6.07) is 21.2. The van der Waals surface area contributed by atoms with E-state index < -0.39 is 0 Å². The Morgan fingerprint density at radius 3 is 2.22 bits per heavy atom. The average molecular weight is 501 g/mol. The number of carbonyl (C=O) groups is 2. The lowest BCUT2D eigenvalue weighted by Crippen LogP contribution is -2.30. The van der Waals surface area contributed by atoms with Crippen LogP contribution in [0.3, 0.4) is 0 Å². The lowest BCUT2D eigenvalue weighted by molar-refractivity contribution is -0.121. The normalized spacial score (nSPS) is 16.0. The number of nitrogens with zero attached hydrogens (tertiary/aromatic N) is 4. The van der Waals surface area contributed by atoms with Crippen molar-refractivity contribution >= 4 is 17.4 Å². The van der Waals surface area contributed by atoms with Crippen molar-refractivity contribution in [2.45, 2.75) is 32.2 Å². The van der Waals surface area contributed by atoms with Crippen molar-refractivity contribution in [3.05, 3.63) is 90.5 Å². The molecule has 188 valence electrons. The summed E-state index contributed by atoms with van der Waals surface area (Å²) in [5, 5.41) is 4.52. The van der Waals surface area contributed by atoms with Gasteiger partial charge in [-0.05, 0) is 79.4 Å². The van der Waals surface area contributed by atoms with Crippen molar-refractivity contribution in [2.24, 2.45) is 5.92 Å². The molecule has 6 nitrogen and oxygen atoms in total. The second-order valence-corrected chi connectivity index (χ2v) is 9.27. The van der Waals surface area contributed by atoms with Crippen LogP contribution >= 0.6 is 0 Å². The number of halogens is 2. The maximum absolute atomic E-state index is 13.5. The molecular weight excluding hydrogens is 474 g/mol. The minimum absolute atomic E-state index is 0.0212. The number of ketones is 1. The number of amides is 1. The van der Waals surface area contributed by atoms with Crippen molar-refractivity contribution in [2.75, 3.05) is 11.4 Å². The van der Waals surface area contributed by atoms with Crippen molar-refractivity contribution in [1.29, 1.82) is 0 Å². The molecule has 5 rings (SSSR count). The Kier molecular flexibility index (Phi) is 7.16. The largest absolute Gasteiger partial charge is 0.312 e. The second kappa shape index (κ2) is 10.8. The number of carbonyl (C=O) groups excluding carboxylic acids is 2. The van der Waals surface area contributed by atoms with Crippen LogP contribution in [0.4, 0.5) is 14.5 Å². The van der Waals surface area contributed by atoms with E-state index in [9.17, 15) is 18.4 Å². The maximum atomic E-state index is 13.5. The van der Waals surface area contributed by atoms with Crippen LogP contribution in [0.1, 0.15) is 25.7 Å². The fraction of sp³-hybridized carbons (Fsp3) is 0.241. The van der Waals surface area contributed by atoms with Gasteiger partial charge in [0.25, 0.3) is 0 Å². The van der Waals surface area contributed by atoms with E-state index in [0.29, 0.717) is 35.7 Å². The summed E-state index contributed by atoms with van der Waals surface area (Å²) in [4.78, 5) is 32.5. The molecule has 1 aliphatic rings. The first-order valence-electron chi connectivity index (χ1n) is 12.3. The van der Waals surface area contributed by atoms with E-state index in [1.54, 1.807) is 29.2 Å². The molecule has 0 spiro atoms. The van der Waals surface area contributed by atoms with Crippen LogP contribution < -0.4 is 4.90 Å².